The molecule has 4 rings (SSSR count). The molecule has 0 unspecified atom stereocenters. The Kier molecular flexibility index (Phi) is 5.47. The van der Waals surface area contributed by atoms with Crippen LogP contribution in [0.4, 0.5) is 13.2 Å². The molecular formula is C20H14ClF3N6O. The second kappa shape index (κ2) is 8.23. The van der Waals surface area contributed by atoms with Gasteiger partial charge in [-0.15, -0.1) is 0 Å². The highest BCUT2D eigenvalue weighted by atomic mass is 35.5. The van der Waals surface area contributed by atoms with Crippen LogP contribution in [0, 0.1) is 0 Å². The molecule has 0 atom stereocenters. The molecule has 0 fully saturated rings. The van der Waals surface area contributed by atoms with Crippen molar-refractivity contribution in [2.75, 3.05) is 0 Å². The van der Waals surface area contributed by atoms with Crippen LogP contribution < -0.4 is 5.32 Å². The van der Waals surface area contributed by atoms with E-state index in [1.54, 1.807) is 24.3 Å². The van der Waals surface area contributed by atoms with Crippen molar-refractivity contribution in [3.63, 3.8) is 0 Å². The number of nitrogens with one attached hydrogen (secondary N) is 1. The highest BCUT2D eigenvalue weighted by molar-refractivity contribution is 6.30. The van der Waals surface area contributed by atoms with Gasteiger partial charge in [0.15, 0.2) is 11.5 Å². The Morgan fingerprint density at radius 3 is 2.32 bits per heavy atom. The van der Waals surface area contributed by atoms with Gasteiger partial charge in [-0.1, -0.05) is 29.8 Å². The summed E-state index contributed by atoms with van der Waals surface area (Å²) < 4.78 is 43.5. The maximum absolute atomic E-state index is 13.8. The number of aromatic nitrogens is 5. The predicted octanol–water partition coefficient (Wildman–Crippen LogP) is 4.06. The van der Waals surface area contributed by atoms with Crippen LogP contribution in [-0.4, -0.2) is 30.5 Å². The van der Waals surface area contributed by atoms with E-state index >= 15 is 0 Å². The fraction of sp³-hybridized carbons (Fsp3) is 0.100. The summed E-state index contributed by atoms with van der Waals surface area (Å²) in [6.07, 6.45) is -2.63. The summed E-state index contributed by atoms with van der Waals surface area (Å²) in [4.78, 5) is 16.7. The van der Waals surface area contributed by atoms with Crippen LogP contribution in [0.15, 0.2) is 67.1 Å². The van der Waals surface area contributed by atoms with E-state index in [9.17, 15) is 18.0 Å². The minimum Gasteiger partial charge on any atom is -0.345 e. The van der Waals surface area contributed by atoms with E-state index in [1.165, 1.54) is 35.3 Å². The zero-order valence-corrected chi connectivity index (χ0v) is 16.5. The molecule has 1 amide bonds. The Labute approximate surface area is 179 Å². The van der Waals surface area contributed by atoms with Gasteiger partial charge in [0.25, 0.3) is 5.91 Å². The van der Waals surface area contributed by atoms with Crippen LogP contribution >= 0.6 is 11.6 Å². The molecule has 2 heterocycles. The first-order valence-electron chi connectivity index (χ1n) is 8.98. The minimum atomic E-state index is -4.81. The summed E-state index contributed by atoms with van der Waals surface area (Å²) in [5.74, 6) is -0.576. The molecule has 11 heteroatoms. The van der Waals surface area contributed by atoms with Gasteiger partial charge in [0.2, 0.25) is 0 Å². The first-order chi connectivity index (χ1) is 14.8. The lowest BCUT2D eigenvalue weighted by Crippen LogP contribution is -2.27. The largest absolute Gasteiger partial charge is 0.434 e. The molecule has 0 saturated heterocycles. The topological polar surface area (TPSA) is 77.6 Å². The van der Waals surface area contributed by atoms with Gasteiger partial charge in [-0.3, -0.25) is 4.79 Å². The highest BCUT2D eigenvalue weighted by Crippen LogP contribution is 2.33. The molecule has 0 spiro atoms. The first-order valence-corrected chi connectivity index (χ1v) is 9.36. The molecule has 0 aliphatic rings. The third kappa shape index (κ3) is 4.29. The zero-order chi connectivity index (χ0) is 22.0. The number of carbonyl (C=O) groups excluding carboxylic acids is 1. The number of amides is 1. The van der Waals surface area contributed by atoms with Gasteiger partial charge in [0, 0.05) is 5.02 Å². The molecule has 4 aromatic rings. The van der Waals surface area contributed by atoms with Gasteiger partial charge in [0.1, 0.15) is 6.33 Å². The summed E-state index contributed by atoms with van der Waals surface area (Å²) in [5.41, 5.74) is -0.958. The van der Waals surface area contributed by atoms with E-state index in [0.717, 1.165) is 6.20 Å². The lowest BCUT2D eigenvalue weighted by Gasteiger charge is -2.13. The van der Waals surface area contributed by atoms with E-state index in [0.29, 0.717) is 21.2 Å². The molecular weight excluding hydrogens is 433 g/mol. The first kappa shape index (κ1) is 20.6. The summed E-state index contributed by atoms with van der Waals surface area (Å²) in [6.45, 7) is -0.128. The average molecular weight is 447 g/mol. The van der Waals surface area contributed by atoms with E-state index in [-0.39, 0.29) is 12.2 Å². The summed E-state index contributed by atoms with van der Waals surface area (Å²) in [6, 6.07) is 14.7. The van der Waals surface area contributed by atoms with Crippen LogP contribution in [0.25, 0.3) is 11.4 Å². The summed E-state index contributed by atoms with van der Waals surface area (Å²) >= 11 is 5.80. The third-order valence-electron chi connectivity index (χ3n) is 4.38. The van der Waals surface area contributed by atoms with Crippen molar-refractivity contribution in [2.45, 2.75) is 12.7 Å². The maximum Gasteiger partial charge on any atom is 0.434 e. The fourth-order valence-corrected chi connectivity index (χ4v) is 3.12. The van der Waals surface area contributed by atoms with E-state index in [4.69, 9.17) is 11.6 Å². The van der Waals surface area contributed by atoms with Crippen molar-refractivity contribution in [3.05, 3.63) is 89.2 Å². The third-order valence-corrected chi connectivity index (χ3v) is 4.63. The molecule has 31 heavy (non-hydrogen) atoms. The Morgan fingerprint density at radius 1 is 0.968 bits per heavy atom. The van der Waals surface area contributed by atoms with Crippen LogP contribution in [0.3, 0.4) is 0 Å². The molecule has 0 aliphatic heterocycles. The molecule has 0 saturated carbocycles. The molecule has 158 valence electrons. The zero-order valence-electron chi connectivity index (χ0n) is 15.7. The molecule has 2 aromatic carbocycles. The number of alkyl halides is 3. The summed E-state index contributed by atoms with van der Waals surface area (Å²) in [7, 11) is 0. The number of hydrogen-bond acceptors (Lipinski definition) is 4. The normalized spacial score (nSPS) is 11.5. The smallest absolute Gasteiger partial charge is 0.345 e. The van der Waals surface area contributed by atoms with Crippen LogP contribution in [0.1, 0.15) is 21.9 Å². The number of halogens is 4. The van der Waals surface area contributed by atoms with Crippen molar-refractivity contribution < 1.29 is 18.0 Å². The Morgan fingerprint density at radius 2 is 1.65 bits per heavy atom. The Hall–Kier alpha value is -3.66. The van der Waals surface area contributed by atoms with Gasteiger partial charge < -0.3 is 5.32 Å². The average Bonchev–Trinajstić information content (AvgIpc) is 3.40. The van der Waals surface area contributed by atoms with Crippen LogP contribution in [0.2, 0.25) is 5.02 Å². The molecule has 7 nitrogen and oxygen atoms in total. The standard InChI is InChI=1S/C20H14ClF3N6O/c21-13-6-8-15(9-7-13)30-18(20(22,23)24)16(10-27-30)19(31)25-11-17-26-12-28-29(17)14-4-2-1-3-5-14/h1-10,12H,11H2,(H,25,31). The fourth-order valence-electron chi connectivity index (χ4n) is 2.99. The van der Waals surface area contributed by atoms with Crippen LogP contribution in [0.5, 0.6) is 0 Å². The molecule has 2 aromatic heterocycles. The number of nitrogens with zero attached hydrogens (tertiary/aromatic N) is 5. The monoisotopic (exact) mass is 446 g/mol. The van der Waals surface area contributed by atoms with Gasteiger partial charge in [-0.2, -0.15) is 23.4 Å². The number of rotatable bonds is 5. The molecule has 0 bridgehead atoms. The maximum atomic E-state index is 13.8. The second-order valence-corrected chi connectivity index (χ2v) is 6.84. The predicted molar refractivity (Wildman–Crippen MR) is 106 cm³/mol. The van der Waals surface area contributed by atoms with Gasteiger partial charge in [-0.05, 0) is 36.4 Å². The van der Waals surface area contributed by atoms with Crippen molar-refractivity contribution in [2.24, 2.45) is 0 Å². The molecule has 0 radical (unpaired) electrons. The second-order valence-electron chi connectivity index (χ2n) is 6.40. The number of hydrogen-bond donors (Lipinski definition) is 1. The quantitative estimate of drug-likeness (QED) is 0.501. The van der Waals surface area contributed by atoms with Gasteiger partial charge >= 0.3 is 6.18 Å². The lowest BCUT2D eigenvalue weighted by atomic mass is 10.2. The van der Waals surface area contributed by atoms with Crippen LogP contribution in [-0.2, 0) is 12.7 Å². The number of benzene rings is 2. The Bertz CT molecular complexity index is 1200. The Balaban J connectivity index is 1.60. The van der Waals surface area contributed by atoms with Gasteiger partial charge in [0.05, 0.1) is 29.7 Å². The molecule has 1 N–H and O–H groups in total. The van der Waals surface area contributed by atoms with Gasteiger partial charge in [-0.25, -0.2) is 14.3 Å². The number of carbonyl (C=O) groups is 1. The van der Waals surface area contributed by atoms with Crippen molar-refractivity contribution >= 4 is 17.5 Å². The highest BCUT2D eigenvalue weighted by Gasteiger charge is 2.40. The minimum absolute atomic E-state index is 0.125. The SMILES string of the molecule is O=C(NCc1ncnn1-c1ccccc1)c1cnn(-c2ccc(Cl)cc2)c1C(F)(F)F. The van der Waals surface area contributed by atoms with Crippen molar-refractivity contribution in [1.82, 2.24) is 29.9 Å². The number of para-hydroxylation sites is 1. The van der Waals surface area contributed by atoms with E-state index < -0.39 is 23.3 Å². The van der Waals surface area contributed by atoms with Crippen molar-refractivity contribution in [1.29, 1.82) is 0 Å². The molecule has 0 aliphatic carbocycles. The van der Waals surface area contributed by atoms with E-state index in [2.05, 4.69) is 20.5 Å². The van der Waals surface area contributed by atoms with Crippen molar-refractivity contribution in [3.8, 4) is 11.4 Å². The lowest BCUT2D eigenvalue weighted by molar-refractivity contribution is -0.143. The van der Waals surface area contributed by atoms with E-state index in [1.807, 2.05) is 6.07 Å². The summed E-state index contributed by atoms with van der Waals surface area (Å²) in [5, 5.41) is 10.7.